The molecule has 0 amide bonds. The molecule has 0 radical (unpaired) electrons. The summed E-state index contributed by atoms with van der Waals surface area (Å²) in [7, 11) is 4.06. The Labute approximate surface area is 166 Å². The van der Waals surface area contributed by atoms with Gasteiger partial charge in [-0.25, -0.2) is 0 Å². The van der Waals surface area contributed by atoms with Gasteiger partial charge in [0.25, 0.3) is 6.54 Å². The number of nitro groups is 1. The molecule has 0 spiro atoms. The molecule has 0 atom stereocenters. The van der Waals surface area contributed by atoms with E-state index in [0.29, 0.717) is 25.5 Å². The molecule has 0 bridgehead atoms. The SMILES string of the molecule is CN(C)Cc1cccc(OCCCNC(C[N+](=O)[O-])=NCc2ccccc2)c1. The molecule has 150 valence electrons. The Hall–Kier alpha value is -2.93. The second kappa shape index (κ2) is 11.7. The van der Waals surface area contributed by atoms with Crippen LogP contribution >= 0.6 is 0 Å². The van der Waals surface area contributed by atoms with Crippen molar-refractivity contribution in [2.45, 2.75) is 19.5 Å². The molecule has 7 heteroatoms. The van der Waals surface area contributed by atoms with Crippen molar-refractivity contribution in [3.8, 4) is 5.75 Å². The Bertz CT molecular complexity index is 763. The highest BCUT2D eigenvalue weighted by atomic mass is 16.6. The monoisotopic (exact) mass is 384 g/mol. The molecule has 1 N–H and O–H groups in total. The van der Waals surface area contributed by atoms with Crippen LogP contribution in [0.4, 0.5) is 0 Å². The van der Waals surface area contributed by atoms with E-state index in [1.807, 2.05) is 62.6 Å². The molecule has 0 aliphatic rings. The zero-order valence-corrected chi connectivity index (χ0v) is 16.5. The zero-order valence-electron chi connectivity index (χ0n) is 16.5. The fourth-order valence-corrected chi connectivity index (χ4v) is 2.65. The first kappa shape index (κ1) is 21.4. The van der Waals surface area contributed by atoms with Crippen molar-refractivity contribution in [3.63, 3.8) is 0 Å². The number of hydrogen-bond acceptors (Lipinski definition) is 5. The van der Waals surface area contributed by atoms with Crippen molar-refractivity contribution < 1.29 is 9.66 Å². The van der Waals surface area contributed by atoms with Gasteiger partial charge in [-0.3, -0.25) is 15.1 Å². The Kier molecular flexibility index (Phi) is 8.94. The number of rotatable bonds is 11. The number of nitrogens with zero attached hydrogens (tertiary/aromatic N) is 3. The van der Waals surface area contributed by atoms with E-state index >= 15 is 0 Å². The number of nitrogens with one attached hydrogen (secondary N) is 1. The van der Waals surface area contributed by atoms with Crippen molar-refractivity contribution in [2.75, 3.05) is 33.8 Å². The molecule has 0 saturated carbocycles. The van der Waals surface area contributed by atoms with E-state index < -0.39 is 0 Å². The molecule has 28 heavy (non-hydrogen) atoms. The topological polar surface area (TPSA) is 80.0 Å². The molecule has 0 aliphatic heterocycles. The molecular formula is C21H28N4O3. The van der Waals surface area contributed by atoms with E-state index in [9.17, 15) is 10.1 Å². The first-order chi connectivity index (χ1) is 13.5. The van der Waals surface area contributed by atoms with Gasteiger partial charge in [0.05, 0.1) is 13.2 Å². The minimum atomic E-state index is -0.371. The molecule has 2 aromatic rings. The third kappa shape index (κ3) is 8.64. The van der Waals surface area contributed by atoms with Gasteiger partial charge in [0.15, 0.2) is 5.84 Å². The van der Waals surface area contributed by atoms with Gasteiger partial charge in [-0.2, -0.15) is 0 Å². The molecule has 0 aliphatic carbocycles. The van der Waals surface area contributed by atoms with Gasteiger partial charge in [0.1, 0.15) is 5.75 Å². The van der Waals surface area contributed by atoms with E-state index in [1.54, 1.807) is 0 Å². The van der Waals surface area contributed by atoms with Crippen LogP contribution < -0.4 is 10.1 Å². The smallest absolute Gasteiger partial charge is 0.259 e. The number of amidine groups is 1. The number of hydrogen-bond donors (Lipinski definition) is 1. The molecule has 0 unspecified atom stereocenters. The summed E-state index contributed by atoms with van der Waals surface area (Å²) in [5.74, 6) is 1.23. The van der Waals surface area contributed by atoms with Crippen molar-refractivity contribution in [3.05, 3.63) is 75.8 Å². The van der Waals surface area contributed by atoms with Crippen LogP contribution in [0.25, 0.3) is 0 Å². The van der Waals surface area contributed by atoms with Crippen LogP contribution in [0.2, 0.25) is 0 Å². The number of ether oxygens (including phenoxy) is 1. The largest absolute Gasteiger partial charge is 0.494 e. The second-order valence-corrected chi connectivity index (χ2v) is 6.75. The minimum Gasteiger partial charge on any atom is -0.494 e. The average molecular weight is 384 g/mol. The highest BCUT2D eigenvalue weighted by Gasteiger charge is 2.07. The molecule has 7 nitrogen and oxygen atoms in total. The summed E-state index contributed by atoms with van der Waals surface area (Å²) in [6.45, 7) is 2.08. The van der Waals surface area contributed by atoms with Crippen molar-refractivity contribution >= 4 is 5.84 Å². The van der Waals surface area contributed by atoms with E-state index in [0.717, 1.165) is 24.3 Å². The predicted molar refractivity (Wildman–Crippen MR) is 111 cm³/mol. The molecule has 0 saturated heterocycles. The van der Waals surface area contributed by atoms with Crippen molar-refractivity contribution in [1.29, 1.82) is 0 Å². The molecule has 2 rings (SSSR count). The third-order valence-electron chi connectivity index (χ3n) is 3.89. The normalized spacial score (nSPS) is 11.5. The summed E-state index contributed by atoms with van der Waals surface area (Å²) >= 11 is 0. The fourth-order valence-electron chi connectivity index (χ4n) is 2.65. The van der Waals surface area contributed by atoms with Gasteiger partial charge in [0, 0.05) is 18.0 Å². The maximum Gasteiger partial charge on any atom is 0.259 e. The molecule has 0 heterocycles. The maximum absolute atomic E-state index is 10.9. The lowest BCUT2D eigenvalue weighted by molar-refractivity contribution is -0.463. The second-order valence-electron chi connectivity index (χ2n) is 6.75. The Morgan fingerprint density at radius 1 is 1.14 bits per heavy atom. The van der Waals surface area contributed by atoms with Crippen molar-refractivity contribution in [1.82, 2.24) is 10.2 Å². The van der Waals surface area contributed by atoms with Crippen LogP contribution in [-0.2, 0) is 13.1 Å². The predicted octanol–water partition coefficient (Wildman–Crippen LogP) is 2.98. The maximum atomic E-state index is 10.9. The van der Waals surface area contributed by atoms with Crippen LogP contribution in [0.5, 0.6) is 5.75 Å². The number of aliphatic imine (C=N–C) groups is 1. The lowest BCUT2D eigenvalue weighted by atomic mass is 10.2. The highest BCUT2D eigenvalue weighted by molar-refractivity contribution is 5.83. The lowest BCUT2D eigenvalue weighted by Gasteiger charge is -2.12. The van der Waals surface area contributed by atoms with Crippen LogP contribution in [-0.4, -0.2) is 49.5 Å². The summed E-state index contributed by atoms with van der Waals surface area (Å²) in [6.07, 6.45) is 0.722. The lowest BCUT2D eigenvalue weighted by Crippen LogP contribution is -2.31. The van der Waals surface area contributed by atoms with Crippen LogP contribution in [0.1, 0.15) is 17.5 Å². The quantitative estimate of drug-likeness (QED) is 0.212. The van der Waals surface area contributed by atoms with Gasteiger partial charge in [0.2, 0.25) is 0 Å². The van der Waals surface area contributed by atoms with E-state index in [4.69, 9.17) is 4.74 Å². The fraction of sp³-hybridized carbons (Fsp3) is 0.381. The molecular weight excluding hydrogens is 356 g/mol. The summed E-state index contributed by atoms with van der Waals surface area (Å²) in [5.41, 5.74) is 2.22. The van der Waals surface area contributed by atoms with Crippen LogP contribution in [0.3, 0.4) is 0 Å². The van der Waals surface area contributed by atoms with E-state index in [-0.39, 0.29) is 11.5 Å². The first-order valence-corrected chi connectivity index (χ1v) is 9.32. The van der Waals surface area contributed by atoms with Gasteiger partial charge < -0.3 is 15.0 Å². The highest BCUT2D eigenvalue weighted by Crippen LogP contribution is 2.14. The summed E-state index contributed by atoms with van der Waals surface area (Å²) in [4.78, 5) is 16.9. The van der Waals surface area contributed by atoms with Gasteiger partial charge in [-0.15, -0.1) is 0 Å². The first-order valence-electron chi connectivity index (χ1n) is 9.32. The summed E-state index contributed by atoms with van der Waals surface area (Å²) < 4.78 is 5.79. The van der Waals surface area contributed by atoms with E-state index in [1.165, 1.54) is 5.56 Å². The Morgan fingerprint density at radius 2 is 1.89 bits per heavy atom. The Morgan fingerprint density at radius 3 is 2.61 bits per heavy atom. The Balaban J connectivity index is 1.76. The average Bonchev–Trinajstić information content (AvgIpc) is 2.66. The van der Waals surface area contributed by atoms with Gasteiger partial charge in [-0.05, 0) is 43.8 Å². The molecule has 0 aromatic heterocycles. The number of benzene rings is 2. The minimum absolute atomic E-state index is 0.305. The standard InChI is InChI=1S/C21H28N4O3/c1-24(2)16-19-10-6-11-20(14-19)28-13-7-12-22-21(17-25(26)27)23-15-18-8-4-3-5-9-18/h3-6,8-11,14H,7,12-13,15-17H2,1-2H3,(H,22,23). The zero-order chi connectivity index (χ0) is 20.2. The summed E-state index contributed by atoms with van der Waals surface area (Å²) in [5, 5.41) is 13.9. The molecule has 2 aromatic carbocycles. The summed E-state index contributed by atoms with van der Waals surface area (Å²) in [6, 6.07) is 17.7. The van der Waals surface area contributed by atoms with Crippen LogP contribution in [0, 0.1) is 10.1 Å². The van der Waals surface area contributed by atoms with Gasteiger partial charge in [-0.1, -0.05) is 42.5 Å². The van der Waals surface area contributed by atoms with Gasteiger partial charge >= 0.3 is 0 Å². The molecule has 0 fully saturated rings. The van der Waals surface area contributed by atoms with Crippen LogP contribution in [0.15, 0.2) is 59.6 Å². The van der Waals surface area contributed by atoms with Crippen molar-refractivity contribution in [2.24, 2.45) is 4.99 Å². The third-order valence-corrected chi connectivity index (χ3v) is 3.89. The van der Waals surface area contributed by atoms with E-state index in [2.05, 4.69) is 21.3 Å².